The lowest BCUT2D eigenvalue weighted by atomic mass is 10.0. The highest BCUT2D eigenvalue weighted by atomic mass is 32.2. The van der Waals surface area contributed by atoms with Crippen molar-refractivity contribution in [2.24, 2.45) is 5.92 Å². The maximum atomic E-state index is 12.3. The van der Waals surface area contributed by atoms with E-state index in [0.29, 0.717) is 17.7 Å². The first-order chi connectivity index (χ1) is 8.69. The molecule has 0 aliphatic rings. The molecule has 1 N–H and O–H groups in total. The molecule has 0 aromatic heterocycles. The largest absolute Gasteiger partial charge is 0.313 e. The third kappa shape index (κ3) is 4.91. The van der Waals surface area contributed by atoms with Crippen molar-refractivity contribution >= 4 is 10.8 Å². The summed E-state index contributed by atoms with van der Waals surface area (Å²) in [7, 11) is -0.902. The molecule has 3 atom stereocenters. The zero-order chi connectivity index (χ0) is 13.4. The van der Waals surface area contributed by atoms with Crippen molar-refractivity contribution in [2.75, 3.05) is 12.3 Å². The van der Waals surface area contributed by atoms with Gasteiger partial charge in [-0.25, -0.2) is 0 Å². The number of rotatable bonds is 8. The molecule has 0 saturated heterocycles. The lowest BCUT2D eigenvalue weighted by molar-refractivity contribution is 0.394. The molecule has 0 fully saturated rings. The van der Waals surface area contributed by atoms with Gasteiger partial charge in [-0.1, -0.05) is 45.4 Å². The molecule has 1 aromatic carbocycles. The highest BCUT2D eigenvalue weighted by molar-refractivity contribution is 7.85. The number of hydrogen-bond acceptors (Lipinski definition) is 2. The van der Waals surface area contributed by atoms with Crippen LogP contribution in [0.2, 0.25) is 0 Å². The molecule has 0 heterocycles. The first-order valence-electron chi connectivity index (χ1n) is 6.85. The second-order valence-electron chi connectivity index (χ2n) is 4.77. The van der Waals surface area contributed by atoms with Gasteiger partial charge in [-0.3, -0.25) is 4.21 Å². The van der Waals surface area contributed by atoms with Crippen LogP contribution in [-0.4, -0.2) is 22.5 Å². The number of hydrogen-bond donors (Lipinski definition) is 1. The predicted octanol–water partition coefficient (Wildman–Crippen LogP) is 3.21. The predicted molar refractivity (Wildman–Crippen MR) is 79.3 cm³/mol. The molecule has 0 aliphatic heterocycles. The first-order valence-corrected chi connectivity index (χ1v) is 8.17. The van der Waals surface area contributed by atoms with Gasteiger partial charge in [0.25, 0.3) is 0 Å². The van der Waals surface area contributed by atoms with Crippen LogP contribution in [0.1, 0.15) is 33.6 Å². The standard InChI is InChI=1S/C15H25NOS/c1-4-11-16-15(13(3)5-2)12-18(17)14-9-7-6-8-10-14/h6-10,13,15-16H,4-5,11-12H2,1-3H3. The third-order valence-electron chi connectivity index (χ3n) is 3.32. The molecule has 1 rings (SSSR count). The summed E-state index contributed by atoms with van der Waals surface area (Å²) in [5, 5.41) is 3.53. The van der Waals surface area contributed by atoms with Crippen LogP contribution >= 0.6 is 0 Å². The van der Waals surface area contributed by atoms with Crippen molar-refractivity contribution in [1.29, 1.82) is 0 Å². The quantitative estimate of drug-likeness (QED) is 0.783. The summed E-state index contributed by atoms with van der Waals surface area (Å²) in [4.78, 5) is 0.934. The fourth-order valence-corrected chi connectivity index (χ4v) is 3.30. The van der Waals surface area contributed by atoms with Crippen molar-refractivity contribution < 1.29 is 4.21 Å². The molecule has 3 heteroatoms. The minimum Gasteiger partial charge on any atom is -0.313 e. The molecule has 0 saturated carbocycles. The van der Waals surface area contributed by atoms with Gasteiger partial charge in [0, 0.05) is 16.7 Å². The summed E-state index contributed by atoms with van der Waals surface area (Å²) in [6.07, 6.45) is 2.23. The van der Waals surface area contributed by atoms with E-state index in [-0.39, 0.29) is 0 Å². The van der Waals surface area contributed by atoms with Gasteiger partial charge in [0.1, 0.15) is 0 Å². The summed E-state index contributed by atoms with van der Waals surface area (Å²) >= 11 is 0. The van der Waals surface area contributed by atoms with Crippen LogP contribution < -0.4 is 5.32 Å². The van der Waals surface area contributed by atoms with Gasteiger partial charge < -0.3 is 5.32 Å². The van der Waals surface area contributed by atoms with Crippen LogP contribution in [0.4, 0.5) is 0 Å². The Hall–Kier alpha value is -0.670. The molecule has 1 aromatic rings. The third-order valence-corrected chi connectivity index (χ3v) is 4.78. The minimum absolute atomic E-state index is 0.344. The Balaban J connectivity index is 2.62. The smallest absolute Gasteiger partial charge is 0.0545 e. The van der Waals surface area contributed by atoms with E-state index in [1.807, 2.05) is 30.3 Å². The van der Waals surface area contributed by atoms with E-state index in [1.54, 1.807) is 0 Å². The summed E-state index contributed by atoms with van der Waals surface area (Å²) in [6, 6.07) is 10.1. The molecule has 18 heavy (non-hydrogen) atoms. The topological polar surface area (TPSA) is 29.1 Å². The molecule has 0 bridgehead atoms. The van der Waals surface area contributed by atoms with E-state index in [9.17, 15) is 4.21 Å². The van der Waals surface area contributed by atoms with Gasteiger partial charge in [0.15, 0.2) is 0 Å². The Morgan fingerprint density at radius 3 is 2.44 bits per heavy atom. The summed E-state index contributed by atoms with van der Waals surface area (Å²) < 4.78 is 12.3. The zero-order valence-electron chi connectivity index (χ0n) is 11.7. The highest BCUT2D eigenvalue weighted by Gasteiger charge is 2.18. The van der Waals surface area contributed by atoms with E-state index >= 15 is 0 Å². The lowest BCUT2D eigenvalue weighted by Gasteiger charge is -2.23. The maximum absolute atomic E-state index is 12.3. The van der Waals surface area contributed by atoms with Crippen LogP contribution in [0.5, 0.6) is 0 Å². The Kier molecular flexibility index (Phi) is 7.21. The fraction of sp³-hybridized carbons (Fsp3) is 0.600. The maximum Gasteiger partial charge on any atom is 0.0545 e. The monoisotopic (exact) mass is 267 g/mol. The van der Waals surface area contributed by atoms with Crippen molar-refractivity contribution in [1.82, 2.24) is 5.32 Å². The second-order valence-corrected chi connectivity index (χ2v) is 6.27. The molecule has 102 valence electrons. The summed E-state index contributed by atoms with van der Waals surface area (Å²) in [5.74, 6) is 1.27. The van der Waals surface area contributed by atoms with Gasteiger partial charge in [-0.2, -0.15) is 0 Å². The molecular formula is C15H25NOS. The molecule has 0 spiro atoms. The van der Waals surface area contributed by atoms with E-state index in [2.05, 4.69) is 26.1 Å². The molecule has 0 radical (unpaired) electrons. The SMILES string of the molecule is CCCNC(CS(=O)c1ccccc1)C(C)CC. The summed E-state index contributed by atoms with van der Waals surface area (Å²) in [5.41, 5.74) is 0. The average Bonchev–Trinajstić information content (AvgIpc) is 2.43. The van der Waals surface area contributed by atoms with Crippen LogP contribution in [0, 0.1) is 5.92 Å². The van der Waals surface area contributed by atoms with Gasteiger partial charge >= 0.3 is 0 Å². The van der Waals surface area contributed by atoms with E-state index in [4.69, 9.17) is 0 Å². The van der Waals surface area contributed by atoms with Crippen LogP contribution in [-0.2, 0) is 10.8 Å². The molecule has 0 aliphatic carbocycles. The van der Waals surface area contributed by atoms with Gasteiger partial charge in [-0.15, -0.1) is 0 Å². The minimum atomic E-state index is -0.902. The van der Waals surface area contributed by atoms with Gasteiger partial charge in [0.2, 0.25) is 0 Å². The molecule has 3 unspecified atom stereocenters. The Morgan fingerprint density at radius 1 is 1.22 bits per heavy atom. The number of benzene rings is 1. The van der Waals surface area contributed by atoms with E-state index in [1.165, 1.54) is 0 Å². The lowest BCUT2D eigenvalue weighted by Crippen LogP contribution is -2.39. The van der Waals surface area contributed by atoms with E-state index in [0.717, 1.165) is 24.3 Å². The summed E-state index contributed by atoms with van der Waals surface area (Å²) in [6.45, 7) is 7.59. The van der Waals surface area contributed by atoms with Crippen LogP contribution in [0.25, 0.3) is 0 Å². The Labute approximate surface area is 114 Å². The van der Waals surface area contributed by atoms with Crippen LogP contribution in [0.3, 0.4) is 0 Å². The zero-order valence-corrected chi connectivity index (χ0v) is 12.5. The average molecular weight is 267 g/mol. The van der Waals surface area contributed by atoms with Gasteiger partial charge in [-0.05, 0) is 31.0 Å². The number of nitrogens with one attached hydrogen (secondary N) is 1. The molecule has 0 amide bonds. The molecular weight excluding hydrogens is 242 g/mol. The Bertz CT molecular complexity index is 353. The van der Waals surface area contributed by atoms with Crippen molar-refractivity contribution in [3.8, 4) is 0 Å². The fourth-order valence-electron chi connectivity index (χ4n) is 1.87. The van der Waals surface area contributed by atoms with Crippen LogP contribution in [0.15, 0.2) is 35.2 Å². The van der Waals surface area contributed by atoms with Crippen molar-refractivity contribution in [2.45, 2.75) is 44.6 Å². The van der Waals surface area contributed by atoms with Crippen molar-refractivity contribution in [3.05, 3.63) is 30.3 Å². The Morgan fingerprint density at radius 2 is 1.89 bits per heavy atom. The van der Waals surface area contributed by atoms with Crippen molar-refractivity contribution in [3.63, 3.8) is 0 Å². The normalized spacial score (nSPS) is 16.2. The highest BCUT2D eigenvalue weighted by Crippen LogP contribution is 2.13. The van der Waals surface area contributed by atoms with E-state index < -0.39 is 10.8 Å². The molecule has 2 nitrogen and oxygen atoms in total. The first kappa shape index (κ1) is 15.4. The second kappa shape index (κ2) is 8.44. The van der Waals surface area contributed by atoms with Gasteiger partial charge in [0.05, 0.1) is 10.8 Å².